The number of anilines is 1. The lowest BCUT2D eigenvalue weighted by Crippen LogP contribution is -2.12. The van der Waals surface area contributed by atoms with Crippen LogP contribution in [0.5, 0.6) is 0 Å². The van der Waals surface area contributed by atoms with E-state index in [-0.39, 0.29) is 18.1 Å². The van der Waals surface area contributed by atoms with E-state index >= 15 is 0 Å². The Morgan fingerprint density at radius 2 is 1.93 bits per heavy atom. The molecule has 8 heteroatoms. The number of benzene rings is 2. The summed E-state index contributed by atoms with van der Waals surface area (Å²) in [5.41, 5.74) is 2.31. The summed E-state index contributed by atoms with van der Waals surface area (Å²) < 4.78 is 29.0. The van der Waals surface area contributed by atoms with Crippen LogP contribution in [0.25, 0.3) is 11.4 Å². The molecule has 1 heterocycles. The standard InChI is InChI=1S/C22H24FN3O4/c1-2-28-12-13-29-15-16-4-3-5-19(14-16)24-20(27)10-11-21-25-22(26-30-21)17-6-8-18(23)9-7-17/h3-9,14H,2,10-13,15H2,1H3,(H,24,27). The van der Waals surface area contributed by atoms with Gasteiger partial charge in [0.2, 0.25) is 17.6 Å². The van der Waals surface area contributed by atoms with Crippen molar-refractivity contribution >= 4 is 11.6 Å². The number of aromatic nitrogens is 2. The van der Waals surface area contributed by atoms with Crippen LogP contribution in [0.1, 0.15) is 24.8 Å². The molecule has 0 bridgehead atoms. The smallest absolute Gasteiger partial charge is 0.227 e. The number of aryl methyl sites for hydroxylation is 1. The van der Waals surface area contributed by atoms with Gasteiger partial charge in [-0.3, -0.25) is 4.79 Å². The van der Waals surface area contributed by atoms with E-state index in [0.717, 1.165) is 5.56 Å². The van der Waals surface area contributed by atoms with Gasteiger partial charge in [-0.25, -0.2) is 4.39 Å². The highest BCUT2D eigenvalue weighted by Crippen LogP contribution is 2.17. The summed E-state index contributed by atoms with van der Waals surface area (Å²) in [5.74, 6) is 0.217. The van der Waals surface area contributed by atoms with Crippen molar-refractivity contribution in [2.75, 3.05) is 25.1 Å². The van der Waals surface area contributed by atoms with Gasteiger partial charge in [-0.05, 0) is 48.9 Å². The van der Waals surface area contributed by atoms with Gasteiger partial charge in [0, 0.05) is 30.7 Å². The Labute approximate surface area is 174 Å². The quantitative estimate of drug-likeness (QED) is 0.478. The monoisotopic (exact) mass is 413 g/mol. The molecule has 0 fully saturated rings. The molecule has 0 aliphatic carbocycles. The third kappa shape index (κ3) is 6.75. The normalized spacial score (nSPS) is 10.9. The summed E-state index contributed by atoms with van der Waals surface area (Å²) in [7, 11) is 0. The van der Waals surface area contributed by atoms with Gasteiger partial charge < -0.3 is 19.3 Å². The van der Waals surface area contributed by atoms with Gasteiger partial charge >= 0.3 is 0 Å². The molecular weight excluding hydrogens is 389 g/mol. The van der Waals surface area contributed by atoms with E-state index < -0.39 is 0 Å². The van der Waals surface area contributed by atoms with Crippen LogP contribution >= 0.6 is 0 Å². The average molecular weight is 413 g/mol. The summed E-state index contributed by atoms with van der Waals surface area (Å²) in [4.78, 5) is 16.5. The van der Waals surface area contributed by atoms with E-state index in [2.05, 4.69) is 15.5 Å². The van der Waals surface area contributed by atoms with Crippen LogP contribution in [0, 0.1) is 5.82 Å². The molecule has 2 aromatic carbocycles. The maximum Gasteiger partial charge on any atom is 0.227 e. The van der Waals surface area contributed by atoms with E-state index in [9.17, 15) is 9.18 Å². The van der Waals surface area contributed by atoms with Crippen molar-refractivity contribution in [3.8, 4) is 11.4 Å². The van der Waals surface area contributed by atoms with Crippen LogP contribution in [0.2, 0.25) is 0 Å². The Hall–Kier alpha value is -3.10. The van der Waals surface area contributed by atoms with Crippen molar-refractivity contribution in [3.63, 3.8) is 0 Å². The molecule has 1 aromatic heterocycles. The van der Waals surface area contributed by atoms with Crippen LogP contribution in [0.4, 0.5) is 10.1 Å². The third-order valence-electron chi connectivity index (χ3n) is 4.19. The van der Waals surface area contributed by atoms with Gasteiger partial charge in [-0.1, -0.05) is 17.3 Å². The second kappa shape index (κ2) is 11.2. The molecule has 0 atom stereocenters. The Morgan fingerprint density at radius 3 is 2.73 bits per heavy atom. The Morgan fingerprint density at radius 1 is 1.13 bits per heavy atom. The highest BCUT2D eigenvalue weighted by atomic mass is 19.1. The number of carbonyl (C=O) groups is 1. The molecule has 0 aliphatic rings. The number of ether oxygens (including phenoxy) is 2. The molecule has 3 rings (SSSR count). The van der Waals surface area contributed by atoms with Gasteiger partial charge in [0.15, 0.2) is 0 Å². The van der Waals surface area contributed by atoms with Gasteiger partial charge in [0.1, 0.15) is 5.82 Å². The van der Waals surface area contributed by atoms with E-state index in [1.807, 2.05) is 31.2 Å². The number of amides is 1. The first kappa shape index (κ1) is 21.6. The number of halogens is 1. The first-order valence-electron chi connectivity index (χ1n) is 9.77. The fourth-order valence-electron chi connectivity index (χ4n) is 2.71. The summed E-state index contributed by atoms with van der Waals surface area (Å²) in [6, 6.07) is 13.3. The lowest BCUT2D eigenvalue weighted by molar-refractivity contribution is -0.116. The highest BCUT2D eigenvalue weighted by Gasteiger charge is 2.11. The van der Waals surface area contributed by atoms with E-state index in [0.29, 0.717) is 55.8 Å². The van der Waals surface area contributed by atoms with Crippen molar-refractivity contribution in [3.05, 3.63) is 65.8 Å². The van der Waals surface area contributed by atoms with Crippen LogP contribution < -0.4 is 5.32 Å². The Balaban J connectivity index is 1.46. The van der Waals surface area contributed by atoms with Crippen molar-refractivity contribution in [2.24, 2.45) is 0 Å². The second-order valence-corrected chi connectivity index (χ2v) is 6.52. The minimum absolute atomic E-state index is 0.161. The zero-order valence-electron chi connectivity index (χ0n) is 16.8. The van der Waals surface area contributed by atoms with Crippen LogP contribution in [-0.2, 0) is 27.3 Å². The first-order valence-corrected chi connectivity index (χ1v) is 9.77. The van der Waals surface area contributed by atoms with E-state index in [1.54, 1.807) is 12.1 Å². The molecule has 0 spiro atoms. The van der Waals surface area contributed by atoms with Crippen molar-refractivity contribution in [1.29, 1.82) is 0 Å². The molecule has 0 saturated carbocycles. The number of hydrogen-bond donors (Lipinski definition) is 1. The van der Waals surface area contributed by atoms with Gasteiger partial charge in [0.25, 0.3) is 0 Å². The van der Waals surface area contributed by atoms with Gasteiger partial charge in [0.05, 0.1) is 19.8 Å². The Kier molecular flexibility index (Phi) is 8.05. The second-order valence-electron chi connectivity index (χ2n) is 6.52. The predicted molar refractivity (Wildman–Crippen MR) is 109 cm³/mol. The minimum Gasteiger partial charge on any atom is -0.379 e. The zero-order chi connectivity index (χ0) is 21.2. The molecule has 3 aromatic rings. The maximum absolute atomic E-state index is 13.0. The number of nitrogens with one attached hydrogen (secondary N) is 1. The lowest BCUT2D eigenvalue weighted by atomic mass is 10.2. The molecule has 30 heavy (non-hydrogen) atoms. The number of rotatable bonds is 11. The average Bonchev–Trinajstić information content (AvgIpc) is 3.22. The fourth-order valence-corrected chi connectivity index (χ4v) is 2.71. The molecule has 0 unspecified atom stereocenters. The van der Waals surface area contributed by atoms with E-state index in [1.165, 1.54) is 12.1 Å². The molecule has 0 radical (unpaired) electrons. The summed E-state index contributed by atoms with van der Waals surface area (Å²) in [6.07, 6.45) is 0.500. The van der Waals surface area contributed by atoms with Crippen molar-refractivity contribution in [2.45, 2.75) is 26.4 Å². The molecule has 1 amide bonds. The van der Waals surface area contributed by atoms with Crippen LogP contribution in [-0.4, -0.2) is 35.9 Å². The number of nitrogens with zero attached hydrogens (tertiary/aromatic N) is 2. The first-order chi connectivity index (χ1) is 14.6. The molecule has 158 valence electrons. The molecule has 1 N–H and O–H groups in total. The summed E-state index contributed by atoms with van der Waals surface area (Å²) >= 11 is 0. The molecule has 0 aliphatic heterocycles. The largest absolute Gasteiger partial charge is 0.379 e. The molecular formula is C22H24FN3O4. The van der Waals surface area contributed by atoms with Crippen molar-refractivity contribution < 1.29 is 23.2 Å². The van der Waals surface area contributed by atoms with Gasteiger partial charge in [-0.2, -0.15) is 4.98 Å². The maximum atomic E-state index is 13.0. The van der Waals surface area contributed by atoms with Crippen LogP contribution in [0.3, 0.4) is 0 Å². The van der Waals surface area contributed by atoms with E-state index in [4.69, 9.17) is 14.0 Å². The molecule has 0 saturated heterocycles. The van der Waals surface area contributed by atoms with Gasteiger partial charge in [-0.15, -0.1) is 0 Å². The summed E-state index contributed by atoms with van der Waals surface area (Å²) in [5, 5.41) is 6.73. The molecule has 7 nitrogen and oxygen atoms in total. The Bertz CT molecular complexity index is 944. The minimum atomic E-state index is -0.333. The highest BCUT2D eigenvalue weighted by molar-refractivity contribution is 5.90. The topological polar surface area (TPSA) is 86.5 Å². The third-order valence-corrected chi connectivity index (χ3v) is 4.19. The van der Waals surface area contributed by atoms with Crippen molar-refractivity contribution in [1.82, 2.24) is 10.1 Å². The SMILES string of the molecule is CCOCCOCc1cccc(NC(=O)CCc2nc(-c3ccc(F)cc3)no2)c1. The predicted octanol–water partition coefficient (Wildman–Crippen LogP) is 4.00. The number of carbonyl (C=O) groups excluding carboxylic acids is 1. The van der Waals surface area contributed by atoms with Crippen LogP contribution in [0.15, 0.2) is 53.1 Å². The zero-order valence-corrected chi connectivity index (χ0v) is 16.8. The fraction of sp³-hybridized carbons (Fsp3) is 0.318. The number of hydrogen-bond acceptors (Lipinski definition) is 6. The summed E-state index contributed by atoms with van der Waals surface area (Å²) in [6.45, 7) is 4.14. The lowest BCUT2D eigenvalue weighted by Gasteiger charge is -2.08.